The largest absolute Gasteiger partial charge is 0.507 e. The van der Waals surface area contributed by atoms with Gasteiger partial charge in [-0.05, 0) is 42.8 Å². The number of hydrogen-bond donors (Lipinski definition) is 3. The highest BCUT2D eigenvalue weighted by molar-refractivity contribution is 6.03. The predicted octanol–water partition coefficient (Wildman–Crippen LogP) is 2.64. The predicted molar refractivity (Wildman–Crippen MR) is 76.2 cm³/mol. The number of benzene rings is 1. The van der Waals surface area contributed by atoms with E-state index in [1.807, 2.05) is 0 Å². The van der Waals surface area contributed by atoms with E-state index in [0.717, 1.165) is 0 Å². The number of amides is 1. The average Bonchev–Trinajstić information content (AvgIpc) is 2.93. The molecule has 2 rings (SSSR count). The number of nitrogens with one attached hydrogen (secondary N) is 1. The van der Waals surface area contributed by atoms with Crippen LogP contribution in [0.25, 0.3) is 6.08 Å². The molecule has 0 unspecified atom stereocenters. The van der Waals surface area contributed by atoms with Crippen LogP contribution in [0.1, 0.15) is 21.7 Å². The van der Waals surface area contributed by atoms with Crippen LogP contribution >= 0.6 is 0 Å². The maximum atomic E-state index is 11.7. The third kappa shape index (κ3) is 3.50. The van der Waals surface area contributed by atoms with Crippen molar-refractivity contribution in [3.63, 3.8) is 0 Å². The standard InChI is InChI=1S/C15H13NO5/c1-9-7-10(8-12(14(9)18)15(19)20)16-13(17)5-4-11-3-2-6-21-11/h2-8,18H,1H3,(H,16,17)(H,19,20)/b5-4+. The van der Waals surface area contributed by atoms with E-state index in [-0.39, 0.29) is 17.0 Å². The third-order valence-electron chi connectivity index (χ3n) is 2.74. The molecule has 6 heteroatoms. The molecule has 0 aliphatic rings. The number of phenols is 1. The van der Waals surface area contributed by atoms with Crippen LogP contribution in [0.15, 0.2) is 41.0 Å². The van der Waals surface area contributed by atoms with Crippen LogP contribution in [0.4, 0.5) is 5.69 Å². The number of hydrogen-bond acceptors (Lipinski definition) is 4. The van der Waals surface area contributed by atoms with E-state index in [4.69, 9.17) is 9.52 Å². The summed E-state index contributed by atoms with van der Waals surface area (Å²) in [6.45, 7) is 1.55. The van der Waals surface area contributed by atoms with Gasteiger partial charge in [-0.25, -0.2) is 4.79 Å². The monoisotopic (exact) mass is 287 g/mol. The van der Waals surface area contributed by atoms with Crippen LogP contribution in [-0.4, -0.2) is 22.1 Å². The molecule has 0 spiro atoms. The lowest BCUT2D eigenvalue weighted by Gasteiger charge is -2.08. The lowest BCUT2D eigenvalue weighted by molar-refractivity contribution is -0.111. The van der Waals surface area contributed by atoms with Gasteiger partial charge in [0.25, 0.3) is 0 Å². The molecular weight excluding hydrogens is 274 g/mol. The van der Waals surface area contributed by atoms with E-state index >= 15 is 0 Å². The van der Waals surface area contributed by atoms with Crippen molar-refractivity contribution in [1.82, 2.24) is 0 Å². The summed E-state index contributed by atoms with van der Waals surface area (Å²) in [5, 5.41) is 21.1. The van der Waals surface area contributed by atoms with Crippen molar-refractivity contribution in [3.8, 4) is 5.75 Å². The van der Waals surface area contributed by atoms with Gasteiger partial charge in [0.1, 0.15) is 17.1 Å². The Labute approximate surface area is 120 Å². The number of anilines is 1. The maximum absolute atomic E-state index is 11.7. The van der Waals surface area contributed by atoms with Crippen molar-refractivity contribution in [2.75, 3.05) is 5.32 Å². The van der Waals surface area contributed by atoms with Crippen LogP contribution in [0.5, 0.6) is 5.75 Å². The minimum Gasteiger partial charge on any atom is -0.507 e. The number of carbonyl (C=O) groups excluding carboxylic acids is 1. The molecule has 1 heterocycles. The second-order valence-corrected chi connectivity index (χ2v) is 4.33. The van der Waals surface area contributed by atoms with Crippen molar-refractivity contribution in [3.05, 3.63) is 53.5 Å². The zero-order valence-corrected chi connectivity index (χ0v) is 11.2. The molecule has 0 saturated heterocycles. The smallest absolute Gasteiger partial charge is 0.339 e. The van der Waals surface area contributed by atoms with Crippen molar-refractivity contribution in [2.45, 2.75) is 6.92 Å². The Bertz CT molecular complexity index is 701. The molecule has 108 valence electrons. The van der Waals surface area contributed by atoms with Gasteiger partial charge in [0.15, 0.2) is 0 Å². The Balaban J connectivity index is 2.16. The molecule has 1 aromatic heterocycles. The molecule has 6 nitrogen and oxygen atoms in total. The van der Waals surface area contributed by atoms with Gasteiger partial charge in [0.2, 0.25) is 5.91 Å². The van der Waals surface area contributed by atoms with Gasteiger partial charge in [-0.1, -0.05) is 0 Å². The average molecular weight is 287 g/mol. The zero-order valence-electron chi connectivity index (χ0n) is 11.2. The molecule has 0 fully saturated rings. The Morgan fingerprint density at radius 3 is 2.71 bits per heavy atom. The van der Waals surface area contributed by atoms with E-state index in [2.05, 4.69) is 5.32 Å². The van der Waals surface area contributed by atoms with Gasteiger partial charge in [-0.3, -0.25) is 4.79 Å². The lowest BCUT2D eigenvalue weighted by Crippen LogP contribution is -2.09. The van der Waals surface area contributed by atoms with Crippen molar-refractivity contribution in [2.24, 2.45) is 0 Å². The van der Waals surface area contributed by atoms with Gasteiger partial charge in [-0.2, -0.15) is 0 Å². The Kier molecular flexibility index (Phi) is 4.08. The molecule has 0 radical (unpaired) electrons. The number of rotatable bonds is 4. The molecule has 0 bridgehead atoms. The fourth-order valence-corrected chi connectivity index (χ4v) is 1.74. The third-order valence-corrected chi connectivity index (χ3v) is 2.74. The highest BCUT2D eigenvalue weighted by atomic mass is 16.4. The van der Waals surface area contributed by atoms with Crippen LogP contribution in [0.2, 0.25) is 0 Å². The highest BCUT2D eigenvalue weighted by Crippen LogP contribution is 2.26. The summed E-state index contributed by atoms with van der Waals surface area (Å²) in [5.74, 6) is -1.49. The molecule has 1 aromatic carbocycles. The second-order valence-electron chi connectivity index (χ2n) is 4.33. The minimum atomic E-state index is -1.27. The van der Waals surface area contributed by atoms with Gasteiger partial charge >= 0.3 is 5.97 Å². The lowest BCUT2D eigenvalue weighted by atomic mass is 10.1. The van der Waals surface area contributed by atoms with E-state index < -0.39 is 11.9 Å². The molecule has 1 amide bonds. The Morgan fingerprint density at radius 2 is 2.10 bits per heavy atom. The number of aromatic carboxylic acids is 1. The SMILES string of the molecule is Cc1cc(NC(=O)/C=C/c2ccco2)cc(C(=O)O)c1O. The first-order valence-electron chi connectivity index (χ1n) is 6.07. The summed E-state index contributed by atoms with van der Waals surface area (Å²) < 4.78 is 5.04. The first-order valence-corrected chi connectivity index (χ1v) is 6.07. The first-order chi connectivity index (χ1) is 9.97. The summed E-state index contributed by atoms with van der Waals surface area (Å²) >= 11 is 0. The van der Waals surface area contributed by atoms with E-state index in [9.17, 15) is 14.7 Å². The number of aryl methyl sites for hydroxylation is 1. The molecule has 0 aliphatic carbocycles. The van der Waals surface area contributed by atoms with Crippen molar-refractivity contribution < 1.29 is 24.2 Å². The molecule has 3 N–H and O–H groups in total. The maximum Gasteiger partial charge on any atom is 0.339 e. The number of carboxylic acids is 1. The number of furan rings is 1. The fraction of sp³-hybridized carbons (Fsp3) is 0.0667. The zero-order chi connectivity index (χ0) is 15.4. The number of carbonyl (C=O) groups is 2. The minimum absolute atomic E-state index is 0.264. The number of aromatic hydroxyl groups is 1. The molecule has 0 saturated carbocycles. The highest BCUT2D eigenvalue weighted by Gasteiger charge is 2.14. The van der Waals surface area contributed by atoms with Crippen molar-refractivity contribution in [1.29, 1.82) is 0 Å². The second kappa shape index (κ2) is 5.96. The van der Waals surface area contributed by atoms with Crippen LogP contribution in [0.3, 0.4) is 0 Å². The van der Waals surface area contributed by atoms with Crippen LogP contribution in [0, 0.1) is 6.92 Å². The molecular formula is C15H13NO5. The summed E-state index contributed by atoms with van der Waals surface area (Å²) in [4.78, 5) is 22.7. The quantitative estimate of drug-likeness (QED) is 0.593. The van der Waals surface area contributed by atoms with Gasteiger partial charge < -0.3 is 19.9 Å². The molecule has 2 aromatic rings. The summed E-state index contributed by atoms with van der Waals surface area (Å²) in [5.41, 5.74) is 0.386. The van der Waals surface area contributed by atoms with Gasteiger partial charge in [0.05, 0.1) is 6.26 Å². The molecule has 21 heavy (non-hydrogen) atoms. The summed E-state index contributed by atoms with van der Waals surface area (Å²) in [6, 6.07) is 6.07. The van der Waals surface area contributed by atoms with E-state index in [1.165, 1.54) is 30.5 Å². The van der Waals surface area contributed by atoms with Crippen LogP contribution in [-0.2, 0) is 4.79 Å². The fourth-order valence-electron chi connectivity index (χ4n) is 1.74. The Morgan fingerprint density at radius 1 is 1.33 bits per heavy atom. The van der Waals surface area contributed by atoms with E-state index in [1.54, 1.807) is 19.1 Å². The molecule has 0 aliphatic heterocycles. The molecule has 0 atom stereocenters. The summed E-state index contributed by atoms with van der Waals surface area (Å²) in [7, 11) is 0. The van der Waals surface area contributed by atoms with Gasteiger partial charge in [0, 0.05) is 11.8 Å². The number of carboxylic acid groups (broad SMARTS) is 1. The van der Waals surface area contributed by atoms with Gasteiger partial charge in [-0.15, -0.1) is 0 Å². The summed E-state index contributed by atoms with van der Waals surface area (Å²) in [6.07, 6.45) is 4.24. The normalized spacial score (nSPS) is 10.7. The Hall–Kier alpha value is -3.02. The van der Waals surface area contributed by atoms with Crippen LogP contribution < -0.4 is 5.32 Å². The van der Waals surface area contributed by atoms with E-state index in [0.29, 0.717) is 11.3 Å². The topological polar surface area (TPSA) is 99.8 Å². The van der Waals surface area contributed by atoms with Crippen molar-refractivity contribution >= 4 is 23.6 Å². The first kappa shape index (κ1) is 14.4.